The summed E-state index contributed by atoms with van der Waals surface area (Å²) in [5, 5.41) is 9.72. The zero-order chi connectivity index (χ0) is 18.7. The summed E-state index contributed by atoms with van der Waals surface area (Å²) in [5.41, 5.74) is 1.14. The Kier molecular flexibility index (Phi) is 5.99. The summed E-state index contributed by atoms with van der Waals surface area (Å²) in [5.74, 6) is 1.75. The van der Waals surface area contributed by atoms with Crippen LogP contribution < -0.4 is 0 Å². The Bertz CT molecular complexity index is 836. The molecule has 1 fully saturated rings. The molecule has 7 nitrogen and oxygen atoms in total. The van der Waals surface area contributed by atoms with Gasteiger partial charge < -0.3 is 4.57 Å². The van der Waals surface area contributed by atoms with Crippen molar-refractivity contribution >= 4 is 21.8 Å². The van der Waals surface area contributed by atoms with Crippen LogP contribution in [0, 0.1) is 0 Å². The lowest BCUT2D eigenvalue weighted by Crippen LogP contribution is -2.39. The number of sulfonamides is 1. The maximum atomic E-state index is 11.9. The van der Waals surface area contributed by atoms with Gasteiger partial charge in [-0.2, -0.15) is 0 Å². The van der Waals surface area contributed by atoms with Crippen LogP contribution in [0.2, 0.25) is 0 Å². The van der Waals surface area contributed by atoms with Crippen molar-refractivity contribution in [1.29, 1.82) is 0 Å². The van der Waals surface area contributed by atoms with Crippen molar-refractivity contribution in [2.75, 3.05) is 19.3 Å². The Morgan fingerprint density at radius 1 is 1.35 bits per heavy atom. The Morgan fingerprint density at radius 3 is 2.81 bits per heavy atom. The number of piperidine rings is 1. The van der Waals surface area contributed by atoms with E-state index in [0.29, 0.717) is 13.1 Å². The highest BCUT2D eigenvalue weighted by Gasteiger charge is 2.31. The molecule has 0 saturated carbocycles. The zero-order valence-corrected chi connectivity index (χ0v) is 17.0. The fraction of sp³-hybridized carbons (Fsp3) is 0.588. The highest BCUT2D eigenvalue weighted by Crippen LogP contribution is 2.32. The molecule has 0 aromatic carbocycles. The second kappa shape index (κ2) is 8.06. The highest BCUT2D eigenvalue weighted by molar-refractivity contribution is 7.98. The molecule has 142 valence electrons. The van der Waals surface area contributed by atoms with Crippen molar-refractivity contribution < 1.29 is 8.42 Å². The maximum absolute atomic E-state index is 11.9. The minimum absolute atomic E-state index is 0.0844. The number of aromatic nitrogens is 4. The SMILES string of the molecule is CC(C)n1c(SCc2cccnc2)nnc1[C@H]1CCCN(S(C)(=O)=O)C1. The van der Waals surface area contributed by atoms with E-state index in [-0.39, 0.29) is 12.0 Å². The average Bonchev–Trinajstić information content (AvgIpc) is 3.04. The van der Waals surface area contributed by atoms with Gasteiger partial charge in [0.05, 0.1) is 6.26 Å². The molecule has 1 aliphatic rings. The van der Waals surface area contributed by atoms with Crippen molar-refractivity contribution in [2.45, 2.75) is 49.6 Å². The predicted molar refractivity (Wildman–Crippen MR) is 103 cm³/mol. The van der Waals surface area contributed by atoms with Gasteiger partial charge in [-0.25, -0.2) is 12.7 Å². The molecule has 0 radical (unpaired) electrons. The molecule has 0 bridgehead atoms. The molecular weight excluding hydrogens is 370 g/mol. The fourth-order valence-electron chi connectivity index (χ4n) is 3.24. The second-order valence-electron chi connectivity index (χ2n) is 6.91. The molecule has 0 amide bonds. The normalized spacial score (nSPS) is 19.2. The lowest BCUT2D eigenvalue weighted by molar-refractivity contribution is 0.302. The molecule has 0 aliphatic carbocycles. The van der Waals surface area contributed by atoms with Crippen LogP contribution in [-0.2, 0) is 15.8 Å². The molecule has 1 atom stereocenters. The van der Waals surface area contributed by atoms with E-state index in [2.05, 4.69) is 33.6 Å². The van der Waals surface area contributed by atoms with Gasteiger partial charge in [0.1, 0.15) is 5.82 Å². The van der Waals surface area contributed by atoms with Gasteiger partial charge in [-0.1, -0.05) is 17.8 Å². The van der Waals surface area contributed by atoms with E-state index >= 15 is 0 Å². The number of pyridine rings is 1. The zero-order valence-electron chi connectivity index (χ0n) is 15.4. The first-order valence-electron chi connectivity index (χ1n) is 8.78. The largest absolute Gasteiger partial charge is 0.303 e. The molecule has 0 spiro atoms. The van der Waals surface area contributed by atoms with Gasteiger partial charge >= 0.3 is 0 Å². The topological polar surface area (TPSA) is 81.0 Å². The molecule has 0 unspecified atom stereocenters. The summed E-state index contributed by atoms with van der Waals surface area (Å²) in [7, 11) is -3.18. The van der Waals surface area contributed by atoms with Gasteiger partial charge in [0.2, 0.25) is 10.0 Å². The molecule has 2 aromatic heterocycles. The van der Waals surface area contributed by atoms with E-state index in [0.717, 1.165) is 35.1 Å². The minimum atomic E-state index is -3.18. The summed E-state index contributed by atoms with van der Waals surface area (Å²) in [4.78, 5) is 4.15. The van der Waals surface area contributed by atoms with Gasteiger partial charge in [0, 0.05) is 43.2 Å². The standard InChI is InChI=1S/C17H25N5O2S2/c1-13(2)22-16(15-7-5-9-21(11-15)26(3,23)24)19-20-17(22)25-12-14-6-4-8-18-10-14/h4,6,8,10,13,15H,5,7,9,11-12H2,1-3H3/t15-/m0/s1. The van der Waals surface area contributed by atoms with E-state index < -0.39 is 10.0 Å². The third kappa shape index (κ3) is 4.44. The van der Waals surface area contributed by atoms with Crippen molar-refractivity contribution in [1.82, 2.24) is 24.1 Å². The summed E-state index contributed by atoms with van der Waals surface area (Å²) in [6.07, 6.45) is 6.68. The Morgan fingerprint density at radius 2 is 2.15 bits per heavy atom. The average molecular weight is 396 g/mol. The monoisotopic (exact) mass is 395 g/mol. The van der Waals surface area contributed by atoms with Crippen molar-refractivity contribution in [3.8, 4) is 0 Å². The molecular formula is C17H25N5O2S2. The Hall–Kier alpha value is -1.45. The third-order valence-electron chi connectivity index (χ3n) is 4.52. The van der Waals surface area contributed by atoms with E-state index in [9.17, 15) is 8.42 Å². The second-order valence-corrected chi connectivity index (χ2v) is 9.84. The third-order valence-corrected chi connectivity index (χ3v) is 6.80. The number of thioether (sulfide) groups is 1. The summed E-state index contributed by atoms with van der Waals surface area (Å²) in [6, 6.07) is 4.18. The molecule has 1 saturated heterocycles. The van der Waals surface area contributed by atoms with Gasteiger partial charge in [-0.3, -0.25) is 4.98 Å². The highest BCUT2D eigenvalue weighted by atomic mass is 32.2. The first-order valence-corrected chi connectivity index (χ1v) is 11.6. The minimum Gasteiger partial charge on any atom is -0.303 e. The van der Waals surface area contributed by atoms with Gasteiger partial charge in [-0.05, 0) is 38.3 Å². The molecule has 0 N–H and O–H groups in total. The maximum Gasteiger partial charge on any atom is 0.211 e. The van der Waals surface area contributed by atoms with Crippen molar-refractivity contribution in [3.63, 3.8) is 0 Å². The molecule has 2 aromatic rings. The number of nitrogens with zero attached hydrogens (tertiary/aromatic N) is 5. The number of hydrogen-bond donors (Lipinski definition) is 0. The summed E-state index contributed by atoms with van der Waals surface area (Å²) >= 11 is 1.64. The van der Waals surface area contributed by atoms with Gasteiger partial charge in [0.15, 0.2) is 5.16 Å². The van der Waals surface area contributed by atoms with Crippen LogP contribution >= 0.6 is 11.8 Å². The smallest absolute Gasteiger partial charge is 0.211 e. The van der Waals surface area contributed by atoms with E-state index in [1.165, 1.54) is 6.26 Å². The molecule has 26 heavy (non-hydrogen) atoms. The predicted octanol–water partition coefficient (Wildman–Crippen LogP) is 2.69. The van der Waals surface area contributed by atoms with E-state index in [1.807, 2.05) is 18.3 Å². The van der Waals surface area contributed by atoms with E-state index in [1.54, 1.807) is 22.3 Å². The first-order chi connectivity index (χ1) is 12.4. The van der Waals surface area contributed by atoms with E-state index in [4.69, 9.17) is 0 Å². The quantitative estimate of drug-likeness (QED) is 0.700. The lowest BCUT2D eigenvalue weighted by atomic mass is 9.98. The molecule has 9 heteroatoms. The first kappa shape index (κ1) is 19.3. The molecule has 1 aliphatic heterocycles. The lowest BCUT2D eigenvalue weighted by Gasteiger charge is -2.31. The van der Waals surface area contributed by atoms with Crippen LogP contribution in [0.15, 0.2) is 29.7 Å². The van der Waals surface area contributed by atoms with Crippen molar-refractivity contribution in [3.05, 3.63) is 35.9 Å². The van der Waals surface area contributed by atoms with Gasteiger partial charge in [0.25, 0.3) is 0 Å². The van der Waals surface area contributed by atoms with Crippen LogP contribution in [0.3, 0.4) is 0 Å². The van der Waals surface area contributed by atoms with Crippen LogP contribution in [-0.4, -0.2) is 51.8 Å². The van der Waals surface area contributed by atoms with Crippen molar-refractivity contribution in [2.24, 2.45) is 0 Å². The van der Waals surface area contributed by atoms with Crippen LogP contribution in [0.5, 0.6) is 0 Å². The number of hydrogen-bond acceptors (Lipinski definition) is 6. The Balaban J connectivity index is 1.80. The van der Waals surface area contributed by atoms with Gasteiger partial charge in [-0.15, -0.1) is 10.2 Å². The Labute approximate surface area is 159 Å². The summed E-state index contributed by atoms with van der Waals surface area (Å²) < 4.78 is 27.5. The number of rotatable bonds is 6. The molecule has 3 heterocycles. The fourth-order valence-corrected chi connectivity index (χ4v) is 5.16. The van der Waals surface area contributed by atoms with Crippen LogP contribution in [0.1, 0.15) is 50.0 Å². The van der Waals surface area contributed by atoms with Crippen LogP contribution in [0.4, 0.5) is 0 Å². The van der Waals surface area contributed by atoms with Crippen LogP contribution in [0.25, 0.3) is 0 Å². The molecule has 3 rings (SSSR count). The summed E-state index contributed by atoms with van der Waals surface area (Å²) in [6.45, 7) is 5.29.